The third-order valence-corrected chi connectivity index (χ3v) is 4.89. The fourth-order valence-corrected chi connectivity index (χ4v) is 3.59. The van der Waals surface area contributed by atoms with Crippen LogP contribution in [0.3, 0.4) is 0 Å². The molecular weight excluding hydrogens is 369 g/mol. The van der Waals surface area contributed by atoms with Crippen molar-refractivity contribution in [2.75, 3.05) is 6.54 Å². The fourth-order valence-electron chi connectivity index (χ4n) is 2.18. The summed E-state index contributed by atoms with van der Waals surface area (Å²) >= 11 is 12.1. The molecule has 122 valence electrons. The van der Waals surface area contributed by atoms with Crippen LogP contribution in [0, 0.1) is 5.82 Å². The molecule has 0 radical (unpaired) electrons. The van der Waals surface area contributed by atoms with E-state index in [1.54, 1.807) is 36.4 Å². The number of thiocarbonyl (C=S) groups is 1. The topological polar surface area (TPSA) is 33.5 Å². The minimum absolute atomic E-state index is 0.194. The number of hydrogen-bond donors (Lipinski definition) is 0. The molecular formula is C17H11ClFNO2S2. The lowest BCUT2D eigenvalue weighted by Gasteiger charge is -2.10. The van der Waals surface area contributed by atoms with Crippen LogP contribution in [0.15, 0.2) is 52.3 Å². The maximum atomic E-state index is 13.9. The Morgan fingerprint density at radius 2 is 2.17 bits per heavy atom. The summed E-state index contributed by atoms with van der Waals surface area (Å²) in [5, 5.41) is 0.314. The first-order chi connectivity index (χ1) is 11.5. The van der Waals surface area contributed by atoms with Gasteiger partial charge in [-0.15, -0.1) is 6.58 Å². The monoisotopic (exact) mass is 379 g/mol. The van der Waals surface area contributed by atoms with Gasteiger partial charge in [-0.3, -0.25) is 9.69 Å². The number of nitrogens with zero attached hydrogens (tertiary/aromatic N) is 1. The first-order valence-electron chi connectivity index (χ1n) is 6.91. The summed E-state index contributed by atoms with van der Waals surface area (Å²) in [6.07, 6.45) is 3.21. The molecule has 3 rings (SSSR count). The highest BCUT2D eigenvalue weighted by Gasteiger charge is 2.31. The second-order valence-electron chi connectivity index (χ2n) is 4.91. The smallest absolute Gasteiger partial charge is 0.266 e. The first kappa shape index (κ1) is 17.0. The molecule has 1 aromatic carbocycles. The van der Waals surface area contributed by atoms with E-state index in [0.717, 1.165) is 0 Å². The second-order valence-corrected chi connectivity index (χ2v) is 7.02. The van der Waals surface area contributed by atoms with Gasteiger partial charge in [0.05, 0.1) is 10.5 Å². The van der Waals surface area contributed by atoms with Crippen molar-refractivity contribution in [3.05, 3.63) is 64.5 Å². The third-order valence-electron chi connectivity index (χ3n) is 3.28. The van der Waals surface area contributed by atoms with Crippen molar-refractivity contribution in [3.63, 3.8) is 0 Å². The average Bonchev–Trinajstić information content (AvgIpc) is 3.08. The summed E-state index contributed by atoms with van der Waals surface area (Å²) in [4.78, 5) is 14.2. The zero-order valence-corrected chi connectivity index (χ0v) is 14.7. The van der Waals surface area contributed by atoms with E-state index < -0.39 is 5.82 Å². The molecule has 7 heteroatoms. The number of benzene rings is 1. The third kappa shape index (κ3) is 3.31. The van der Waals surface area contributed by atoms with Gasteiger partial charge < -0.3 is 4.42 Å². The SMILES string of the molecule is C=CCN1C(=O)/C(=C\c2ccc(-c3ccc(Cl)cc3F)o2)SC1=S. The van der Waals surface area contributed by atoms with Gasteiger partial charge >= 0.3 is 0 Å². The lowest BCUT2D eigenvalue weighted by atomic mass is 10.1. The Morgan fingerprint density at radius 1 is 1.38 bits per heavy atom. The van der Waals surface area contributed by atoms with Gasteiger partial charge in [0.15, 0.2) is 0 Å². The van der Waals surface area contributed by atoms with Crippen LogP contribution in [-0.4, -0.2) is 21.7 Å². The molecule has 1 saturated heterocycles. The van der Waals surface area contributed by atoms with E-state index in [9.17, 15) is 9.18 Å². The largest absolute Gasteiger partial charge is 0.457 e. The normalized spacial score (nSPS) is 16.2. The number of carbonyl (C=O) groups is 1. The zero-order chi connectivity index (χ0) is 17.3. The molecule has 1 amide bonds. The van der Waals surface area contributed by atoms with Crippen LogP contribution in [0.5, 0.6) is 0 Å². The molecule has 0 unspecified atom stereocenters. The number of halogens is 2. The number of hydrogen-bond acceptors (Lipinski definition) is 4. The molecule has 0 bridgehead atoms. The standard InChI is InChI=1S/C17H11ClFNO2S2/c1-2-7-20-16(21)15(24-17(20)23)9-11-4-6-14(22-11)12-5-3-10(18)8-13(12)19/h2-6,8-9H,1,7H2/b15-9+. The van der Waals surface area contributed by atoms with Crippen LogP contribution in [-0.2, 0) is 4.79 Å². The van der Waals surface area contributed by atoms with Crippen molar-refractivity contribution >= 4 is 51.9 Å². The number of amides is 1. The molecule has 0 saturated carbocycles. The van der Waals surface area contributed by atoms with Gasteiger partial charge in [0.1, 0.15) is 21.7 Å². The molecule has 1 aliphatic rings. The van der Waals surface area contributed by atoms with Gasteiger partial charge in [0, 0.05) is 17.6 Å². The summed E-state index contributed by atoms with van der Waals surface area (Å²) < 4.78 is 20.0. The van der Waals surface area contributed by atoms with Gasteiger partial charge in [-0.1, -0.05) is 41.7 Å². The lowest BCUT2D eigenvalue weighted by molar-refractivity contribution is -0.121. The summed E-state index contributed by atoms with van der Waals surface area (Å²) in [6, 6.07) is 7.66. The van der Waals surface area contributed by atoms with E-state index in [1.807, 2.05) is 0 Å². The molecule has 0 N–H and O–H groups in total. The minimum Gasteiger partial charge on any atom is -0.457 e. The summed E-state index contributed by atoms with van der Waals surface area (Å²) in [7, 11) is 0. The maximum absolute atomic E-state index is 13.9. The average molecular weight is 380 g/mol. The van der Waals surface area contributed by atoms with E-state index >= 15 is 0 Å². The highest BCUT2D eigenvalue weighted by atomic mass is 35.5. The van der Waals surface area contributed by atoms with E-state index in [2.05, 4.69) is 6.58 Å². The van der Waals surface area contributed by atoms with Crippen LogP contribution < -0.4 is 0 Å². The Balaban J connectivity index is 1.88. The van der Waals surface area contributed by atoms with Gasteiger partial charge in [0.2, 0.25) is 0 Å². The molecule has 1 fully saturated rings. The zero-order valence-electron chi connectivity index (χ0n) is 12.3. The second kappa shape index (κ2) is 6.93. The molecule has 1 aromatic heterocycles. The Hall–Kier alpha value is -1.89. The summed E-state index contributed by atoms with van der Waals surface area (Å²) in [5.74, 6) is 0.136. The number of thioether (sulfide) groups is 1. The first-order valence-corrected chi connectivity index (χ1v) is 8.51. The lowest BCUT2D eigenvalue weighted by Crippen LogP contribution is -2.27. The van der Waals surface area contributed by atoms with Crippen LogP contribution in [0.25, 0.3) is 17.4 Å². The summed E-state index contributed by atoms with van der Waals surface area (Å²) in [5.41, 5.74) is 0.304. The van der Waals surface area contributed by atoms with Crippen molar-refractivity contribution in [1.29, 1.82) is 0 Å². The number of furan rings is 1. The predicted molar refractivity (Wildman–Crippen MR) is 99.2 cm³/mol. The molecule has 2 aromatic rings. The molecule has 1 aliphatic heterocycles. The van der Waals surface area contributed by atoms with E-state index in [-0.39, 0.29) is 5.91 Å². The highest BCUT2D eigenvalue weighted by molar-refractivity contribution is 8.26. The van der Waals surface area contributed by atoms with Gasteiger partial charge in [-0.05, 0) is 30.3 Å². The van der Waals surface area contributed by atoms with Crippen molar-refractivity contribution in [1.82, 2.24) is 4.90 Å². The van der Waals surface area contributed by atoms with Gasteiger partial charge in [-0.25, -0.2) is 4.39 Å². The molecule has 0 spiro atoms. The Kier molecular flexibility index (Phi) is 4.89. The van der Waals surface area contributed by atoms with Crippen LogP contribution in [0.1, 0.15) is 5.76 Å². The maximum Gasteiger partial charge on any atom is 0.266 e. The number of rotatable bonds is 4. The van der Waals surface area contributed by atoms with Crippen molar-refractivity contribution < 1.29 is 13.6 Å². The van der Waals surface area contributed by atoms with E-state index in [0.29, 0.717) is 37.9 Å². The van der Waals surface area contributed by atoms with Gasteiger partial charge in [-0.2, -0.15) is 0 Å². The molecule has 0 atom stereocenters. The minimum atomic E-state index is -0.472. The Labute approximate surface area is 152 Å². The van der Waals surface area contributed by atoms with Crippen LogP contribution in [0.2, 0.25) is 5.02 Å². The molecule has 2 heterocycles. The Morgan fingerprint density at radius 3 is 2.88 bits per heavy atom. The highest BCUT2D eigenvalue weighted by Crippen LogP contribution is 2.34. The molecule has 0 aliphatic carbocycles. The number of carbonyl (C=O) groups excluding carboxylic acids is 1. The van der Waals surface area contributed by atoms with Crippen molar-refractivity contribution in [2.45, 2.75) is 0 Å². The van der Waals surface area contributed by atoms with Gasteiger partial charge in [0.25, 0.3) is 5.91 Å². The quantitative estimate of drug-likeness (QED) is 0.419. The van der Waals surface area contributed by atoms with E-state index in [4.69, 9.17) is 28.2 Å². The van der Waals surface area contributed by atoms with Crippen molar-refractivity contribution in [3.8, 4) is 11.3 Å². The fraction of sp³-hybridized carbons (Fsp3) is 0.0588. The summed E-state index contributed by atoms with van der Waals surface area (Å²) in [6.45, 7) is 3.97. The van der Waals surface area contributed by atoms with Crippen molar-refractivity contribution in [2.24, 2.45) is 0 Å². The molecule has 3 nitrogen and oxygen atoms in total. The Bertz CT molecular complexity index is 875. The molecule has 24 heavy (non-hydrogen) atoms. The van der Waals surface area contributed by atoms with Crippen LogP contribution >= 0.6 is 35.6 Å². The predicted octanol–water partition coefficient (Wildman–Crippen LogP) is 5.13. The van der Waals surface area contributed by atoms with Crippen LogP contribution in [0.4, 0.5) is 4.39 Å². The van der Waals surface area contributed by atoms with E-state index in [1.165, 1.54) is 22.7 Å².